The van der Waals surface area contributed by atoms with Gasteiger partial charge in [0.25, 0.3) is 10.0 Å². The van der Waals surface area contributed by atoms with E-state index in [9.17, 15) is 13.2 Å². The Morgan fingerprint density at radius 1 is 0.955 bits per heavy atom. The summed E-state index contributed by atoms with van der Waals surface area (Å²) < 4.78 is 26.4. The van der Waals surface area contributed by atoms with Crippen LogP contribution in [0.1, 0.15) is 11.1 Å². The molecule has 0 radical (unpaired) electrons. The summed E-state index contributed by atoms with van der Waals surface area (Å²) in [5.74, 6) is -1.21. The Morgan fingerprint density at radius 3 is 1.86 bits per heavy atom. The van der Waals surface area contributed by atoms with Gasteiger partial charge in [0.15, 0.2) is 0 Å². The SMILES string of the molecule is Cc1ccc(N(CC(=O)O)S(=O)(=O)c2ccc(C)cc2)cc1. The summed E-state index contributed by atoms with van der Waals surface area (Å²) >= 11 is 0. The second kappa shape index (κ2) is 6.19. The first kappa shape index (κ1) is 16.0. The van der Waals surface area contributed by atoms with E-state index < -0.39 is 22.5 Å². The van der Waals surface area contributed by atoms with Crippen LogP contribution in [0.5, 0.6) is 0 Å². The van der Waals surface area contributed by atoms with Crippen molar-refractivity contribution in [3.8, 4) is 0 Å². The lowest BCUT2D eigenvalue weighted by Gasteiger charge is -2.23. The summed E-state index contributed by atoms with van der Waals surface area (Å²) in [6.45, 7) is 3.10. The molecule has 0 amide bonds. The molecular weight excluding hydrogens is 302 g/mol. The van der Waals surface area contributed by atoms with E-state index in [1.807, 2.05) is 13.8 Å². The number of rotatable bonds is 5. The molecule has 0 fully saturated rings. The largest absolute Gasteiger partial charge is 0.480 e. The maximum absolute atomic E-state index is 12.7. The number of aryl methyl sites for hydroxylation is 2. The summed E-state index contributed by atoms with van der Waals surface area (Å²) in [5.41, 5.74) is 2.22. The van der Waals surface area contributed by atoms with E-state index in [-0.39, 0.29) is 4.90 Å². The van der Waals surface area contributed by atoms with Crippen molar-refractivity contribution < 1.29 is 18.3 Å². The van der Waals surface area contributed by atoms with Gasteiger partial charge < -0.3 is 5.11 Å². The Bertz CT molecular complexity index is 765. The number of aliphatic carboxylic acids is 1. The van der Waals surface area contributed by atoms with Gasteiger partial charge in [-0.25, -0.2) is 8.42 Å². The maximum Gasteiger partial charge on any atom is 0.324 e. The first-order valence-electron chi connectivity index (χ1n) is 6.68. The van der Waals surface area contributed by atoms with Gasteiger partial charge in [0.1, 0.15) is 6.54 Å². The molecule has 5 nitrogen and oxygen atoms in total. The highest BCUT2D eigenvalue weighted by Gasteiger charge is 2.26. The fourth-order valence-corrected chi connectivity index (χ4v) is 3.40. The third kappa shape index (κ3) is 3.46. The Balaban J connectivity index is 2.50. The molecule has 116 valence electrons. The van der Waals surface area contributed by atoms with Crippen LogP contribution in [0.25, 0.3) is 0 Å². The van der Waals surface area contributed by atoms with E-state index in [0.717, 1.165) is 15.4 Å². The van der Waals surface area contributed by atoms with Crippen LogP contribution >= 0.6 is 0 Å². The minimum Gasteiger partial charge on any atom is -0.480 e. The third-order valence-corrected chi connectivity index (χ3v) is 5.00. The van der Waals surface area contributed by atoms with Crippen LogP contribution in [0.2, 0.25) is 0 Å². The van der Waals surface area contributed by atoms with Gasteiger partial charge >= 0.3 is 5.97 Å². The van der Waals surface area contributed by atoms with Gasteiger partial charge in [0, 0.05) is 0 Å². The highest BCUT2D eigenvalue weighted by molar-refractivity contribution is 7.92. The van der Waals surface area contributed by atoms with Crippen LogP contribution in [0.4, 0.5) is 5.69 Å². The number of hydrogen-bond donors (Lipinski definition) is 1. The lowest BCUT2D eigenvalue weighted by Crippen LogP contribution is -2.35. The zero-order valence-electron chi connectivity index (χ0n) is 12.4. The van der Waals surface area contributed by atoms with Crippen molar-refractivity contribution in [1.29, 1.82) is 0 Å². The first-order chi connectivity index (χ1) is 10.3. The second-order valence-electron chi connectivity index (χ2n) is 5.05. The molecule has 0 aromatic heterocycles. The molecule has 1 N–H and O–H groups in total. The van der Waals surface area contributed by atoms with Crippen molar-refractivity contribution in [2.75, 3.05) is 10.8 Å². The summed E-state index contributed by atoms with van der Waals surface area (Å²) in [6.07, 6.45) is 0. The van der Waals surface area contributed by atoms with E-state index >= 15 is 0 Å². The van der Waals surface area contributed by atoms with Crippen molar-refractivity contribution in [3.63, 3.8) is 0 Å². The third-order valence-electron chi connectivity index (χ3n) is 3.21. The van der Waals surface area contributed by atoms with E-state index in [1.165, 1.54) is 12.1 Å². The highest BCUT2D eigenvalue weighted by Crippen LogP contribution is 2.24. The lowest BCUT2D eigenvalue weighted by molar-refractivity contribution is -0.135. The van der Waals surface area contributed by atoms with Crippen molar-refractivity contribution in [3.05, 3.63) is 59.7 Å². The van der Waals surface area contributed by atoms with Gasteiger partial charge in [-0.05, 0) is 38.1 Å². The molecule has 0 atom stereocenters. The molecule has 2 aromatic carbocycles. The van der Waals surface area contributed by atoms with E-state index in [0.29, 0.717) is 5.69 Å². The summed E-state index contributed by atoms with van der Waals surface area (Å²) in [5, 5.41) is 9.05. The average molecular weight is 319 g/mol. The molecule has 0 heterocycles. The van der Waals surface area contributed by atoms with Crippen LogP contribution in [0.15, 0.2) is 53.4 Å². The molecule has 22 heavy (non-hydrogen) atoms. The topological polar surface area (TPSA) is 74.7 Å². The number of carboxylic acid groups (broad SMARTS) is 1. The molecule has 6 heteroatoms. The summed E-state index contributed by atoms with van der Waals surface area (Å²) in [6, 6.07) is 13.0. The molecule has 0 unspecified atom stereocenters. The van der Waals surface area contributed by atoms with E-state index in [1.54, 1.807) is 36.4 Å². The fraction of sp³-hybridized carbons (Fsp3) is 0.188. The second-order valence-corrected chi connectivity index (χ2v) is 6.92. The Kier molecular flexibility index (Phi) is 4.51. The Hall–Kier alpha value is -2.34. The predicted octanol–water partition coefficient (Wildman–Crippen LogP) is 2.58. The molecule has 2 rings (SSSR count). The van der Waals surface area contributed by atoms with Gasteiger partial charge in [-0.1, -0.05) is 35.4 Å². The number of nitrogens with zero attached hydrogens (tertiary/aromatic N) is 1. The maximum atomic E-state index is 12.7. The van der Waals surface area contributed by atoms with Crippen LogP contribution in [0.3, 0.4) is 0 Å². The van der Waals surface area contributed by atoms with Gasteiger partial charge in [0.2, 0.25) is 0 Å². The number of benzene rings is 2. The van der Waals surface area contributed by atoms with Gasteiger partial charge in [0.05, 0.1) is 10.6 Å². The Labute approximate surface area is 129 Å². The first-order valence-corrected chi connectivity index (χ1v) is 8.12. The van der Waals surface area contributed by atoms with Crippen molar-refractivity contribution in [2.24, 2.45) is 0 Å². The molecule has 0 aliphatic heterocycles. The smallest absolute Gasteiger partial charge is 0.324 e. The molecule has 0 aliphatic rings. The summed E-state index contributed by atoms with van der Waals surface area (Å²) in [4.78, 5) is 11.1. The molecule has 2 aromatic rings. The van der Waals surface area contributed by atoms with Gasteiger partial charge in [-0.15, -0.1) is 0 Å². The monoisotopic (exact) mass is 319 g/mol. The number of hydrogen-bond acceptors (Lipinski definition) is 3. The van der Waals surface area contributed by atoms with Gasteiger partial charge in [-0.3, -0.25) is 9.10 Å². The minimum atomic E-state index is -3.93. The van der Waals surface area contributed by atoms with Crippen LogP contribution in [-0.2, 0) is 14.8 Å². The molecule has 0 aliphatic carbocycles. The number of anilines is 1. The van der Waals surface area contributed by atoms with Gasteiger partial charge in [-0.2, -0.15) is 0 Å². The minimum absolute atomic E-state index is 0.0694. The highest BCUT2D eigenvalue weighted by atomic mass is 32.2. The molecule has 0 saturated heterocycles. The fourth-order valence-electron chi connectivity index (χ4n) is 1.99. The zero-order chi connectivity index (χ0) is 16.3. The number of carboxylic acids is 1. The Morgan fingerprint density at radius 2 is 1.41 bits per heavy atom. The van der Waals surface area contributed by atoms with Crippen LogP contribution in [0, 0.1) is 13.8 Å². The quantitative estimate of drug-likeness (QED) is 0.919. The lowest BCUT2D eigenvalue weighted by atomic mass is 10.2. The van der Waals surface area contributed by atoms with E-state index in [4.69, 9.17) is 5.11 Å². The molecule has 0 spiro atoms. The van der Waals surface area contributed by atoms with Crippen LogP contribution < -0.4 is 4.31 Å². The van der Waals surface area contributed by atoms with Crippen LogP contribution in [-0.4, -0.2) is 26.0 Å². The van der Waals surface area contributed by atoms with Crippen molar-refractivity contribution in [2.45, 2.75) is 18.7 Å². The zero-order valence-corrected chi connectivity index (χ0v) is 13.2. The number of carbonyl (C=O) groups is 1. The standard InChI is InChI=1S/C16H17NO4S/c1-12-3-7-14(8-4-12)17(11-16(18)19)22(20,21)15-9-5-13(2)6-10-15/h3-10H,11H2,1-2H3,(H,18,19). The van der Waals surface area contributed by atoms with E-state index in [2.05, 4.69) is 0 Å². The average Bonchev–Trinajstić information content (AvgIpc) is 2.46. The normalized spacial score (nSPS) is 11.2. The predicted molar refractivity (Wildman–Crippen MR) is 84.5 cm³/mol. The van der Waals surface area contributed by atoms with Crippen molar-refractivity contribution in [1.82, 2.24) is 0 Å². The molecule has 0 saturated carbocycles. The molecular formula is C16H17NO4S. The number of sulfonamides is 1. The van der Waals surface area contributed by atoms with Crippen molar-refractivity contribution >= 4 is 21.7 Å². The summed E-state index contributed by atoms with van der Waals surface area (Å²) in [7, 11) is -3.93. The molecule has 0 bridgehead atoms.